The third-order valence-corrected chi connectivity index (χ3v) is 5.99. The van der Waals surface area contributed by atoms with Crippen LogP contribution in [0.1, 0.15) is 52.4 Å². The van der Waals surface area contributed by atoms with Crippen molar-refractivity contribution in [2.45, 2.75) is 52.4 Å². The number of rotatable bonds is 3. The lowest BCUT2D eigenvalue weighted by Gasteiger charge is -2.60. The summed E-state index contributed by atoms with van der Waals surface area (Å²) in [6, 6.07) is 0. The Morgan fingerprint density at radius 2 is 1.93 bits per heavy atom. The number of aliphatic hydroxyl groups excluding tert-OH is 1. The molecule has 0 aromatic rings. The van der Waals surface area contributed by atoms with Crippen molar-refractivity contribution in [3.05, 3.63) is 0 Å². The summed E-state index contributed by atoms with van der Waals surface area (Å²) < 4.78 is 0. The predicted octanol–water partition coefficient (Wildman–Crippen LogP) is 3.22. The van der Waals surface area contributed by atoms with E-state index in [9.17, 15) is 5.11 Å². The van der Waals surface area contributed by atoms with Crippen LogP contribution in [0.3, 0.4) is 0 Å². The third-order valence-electron chi connectivity index (χ3n) is 5.99. The van der Waals surface area contributed by atoms with Gasteiger partial charge in [0.05, 0.1) is 0 Å². The Kier molecular flexibility index (Phi) is 2.03. The van der Waals surface area contributed by atoms with Crippen LogP contribution in [-0.4, -0.2) is 11.7 Å². The Hall–Kier alpha value is -0.0400. The van der Waals surface area contributed by atoms with Crippen LogP contribution in [0.4, 0.5) is 0 Å². The van der Waals surface area contributed by atoms with Crippen molar-refractivity contribution in [2.24, 2.45) is 28.6 Å². The van der Waals surface area contributed by atoms with E-state index >= 15 is 0 Å². The molecule has 0 aliphatic heterocycles. The predicted molar refractivity (Wildman–Crippen MR) is 61.5 cm³/mol. The van der Waals surface area contributed by atoms with E-state index in [1.807, 2.05) is 0 Å². The monoisotopic (exact) mass is 208 g/mol. The van der Waals surface area contributed by atoms with Gasteiger partial charge in [0, 0.05) is 6.61 Å². The number of hydrogen-bond acceptors (Lipinski definition) is 1. The van der Waals surface area contributed by atoms with Crippen molar-refractivity contribution in [1.82, 2.24) is 0 Å². The van der Waals surface area contributed by atoms with E-state index in [0.717, 1.165) is 17.8 Å². The van der Waals surface area contributed by atoms with E-state index in [1.165, 1.54) is 38.5 Å². The van der Waals surface area contributed by atoms with Crippen molar-refractivity contribution in [3.8, 4) is 0 Å². The number of aliphatic hydroxyl groups is 1. The average Bonchev–Trinajstić information content (AvgIpc) is 2.98. The second-order valence-electron chi connectivity index (χ2n) is 7.06. The van der Waals surface area contributed by atoms with E-state index in [4.69, 9.17) is 0 Å². The fourth-order valence-electron chi connectivity index (χ4n) is 4.37. The second-order valence-corrected chi connectivity index (χ2v) is 7.06. The summed E-state index contributed by atoms with van der Waals surface area (Å²) in [5.74, 6) is 2.92. The van der Waals surface area contributed by atoms with Gasteiger partial charge in [0.15, 0.2) is 0 Å². The fraction of sp³-hybridized carbons (Fsp3) is 1.00. The van der Waals surface area contributed by atoms with Gasteiger partial charge in [-0.25, -0.2) is 0 Å². The highest BCUT2D eigenvalue weighted by Crippen LogP contribution is 2.64. The Morgan fingerprint density at radius 3 is 2.40 bits per heavy atom. The Bertz CT molecular complexity index is 263. The molecule has 0 aromatic heterocycles. The standard InChI is InChI=1S/C14H24O/c1-13(2)11-4-3-10(12(13)7-11)8-14(9-15)5-6-14/h10-12,15H,3-9H2,1-2H3. The van der Waals surface area contributed by atoms with E-state index in [-0.39, 0.29) is 0 Å². The quantitative estimate of drug-likeness (QED) is 0.755. The lowest BCUT2D eigenvalue weighted by molar-refractivity contribution is -0.113. The first-order valence-corrected chi connectivity index (χ1v) is 6.68. The van der Waals surface area contributed by atoms with Crippen LogP contribution in [0.25, 0.3) is 0 Å². The SMILES string of the molecule is CC1(C)C2CCC(CC3(CO)CC3)C1C2. The molecule has 2 bridgehead atoms. The highest BCUT2D eigenvalue weighted by molar-refractivity contribution is 5.06. The maximum Gasteiger partial charge on any atom is 0.0487 e. The van der Waals surface area contributed by atoms with Crippen molar-refractivity contribution in [3.63, 3.8) is 0 Å². The molecule has 0 amide bonds. The van der Waals surface area contributed by atoms with Gasteiger partial charge in [0.1, 0.15) is 0 Å². The maximum absolute atomic E-state index is 9.42. The van der Waals surface area contributed by atoms with Gasteiger partial charge < -0.3 is 5.11 Å². The topological polar surface area (TPSA) is 20.2 Å². The zero-order valence-corrected chi connectivity index (χ0v) is 10.1. The van der Waals surface area contributed by atoms with Crippen LogP contribution < -0.4 is 0 Å². The van der Waals surface area contributed by atoms with Crippen molar-refractivity contribution in [2.75, 3.05) is 6.61 Å². The Labute approximate surface area is 93.3 Å². The van der Waals surface area contributed by atoms with Gasteiger partial charge in [-0.05, 0) is 67.1 Å². The van der Waals surface area contributed by atoms with E-state index < -0.39 is 0 Å². The molecule has 0 radical (unpaired) electrons. The summed E-state index contributed by atoms with van der Waals surface area (Å²) in [6.45, 7) is 5.38. The Balaban J connectivity index is 1.67. The van der Waals surface area contributed by atoms with Crippen molar-refractivity contribution in [1.29, 1.82) is 0 Å². The first kappa shape index (κ1) is 10.1. The molecule has 4 saturated carbocycles. The van der Waals surface area contributed by atoms with Gasteiger partial charge in [-0.3, -0.25) is 0 Å². The summed E-state index contributed by atoms with van der Waals surface area (Å²) in [4.78, 5) is 0. The highest BCUT2D eigenvalue weighted by Gasteiger charge is 2.56. The molecule has 0 heterocycles. The smallest absolute Gasteiger partial charge is 0.0487 e. The molecule has 0 aromatic carbocycles. The normalized spacial score (nSPS) is 44.6. The second kappa shape index (κ2) is 3.00. The van der Waals surface area contributed by atoms with Crippen LogP contribution in [0.2, 0.25) is 0 Å². The minimum Gasteiger partial charge on any atom is -0.396 e. The van der Waals surface area contributed by atoms with Gasteiger partial charge in [-0.1, -0.05) is 13.8 Å². The fourth-order valence-corrected chi connectivity index (χ4v) is 4.37. The van der Waals surface area contributed by atoms with Crippen LogP contribution in [0.5, 0.6) is 0 Å². The molecule has 15 heavy (non-hydrogen) atoms. The van der Waals surface area contributed by atoms with Crippen molar-refractivity contribution < 1.29 is 5.11 Å². The molecule has 3 atom stereocenters. The van der Waals surface area contributed by atoms with Gasteiger partial charge >= 0.3 is 0 Å². The van der Waals surface area contributed by atoms with Crippen LogP contribution in [-0.2, 0) is 0 Å². The average molecular weight is 208 g/mol. The van der Waals surface area contributed by atoms with E-state index in [1.54, 1.807) is 0 Å². The zero-order chi connectivity index (χ0) is 10.7. The third kappa shape index (κ3) is 1.39. The minimum atomic E-state index is 0.378. The summed E-state index contributed by atoms with van der Waals surface area (Å²) in [7, 11) is 0. The number of hydrogen-bond donors (Lipinski definition) is 1. The molecule has 0 spiro atoms. The highest BCUT2D eigenvalue weighted by atomic mass is 16.3. The summed E-state index contributed by atoms with van der Waals surface area (Å²) >= 11 is 0. The Morgan fingerprint density at radius 1 is 1.20 bits per heavy atom. The molecule has 3 unspecified atom stereocenters. The minimum absolute atomic E-state index is 0.378. The molecule has 0 saturated heterocycles. The van der Waals surface area contributed by atoms with Crippen LogP contribution in [0, 0.1) is 28.6 Å². The lowest BCUT2D eigenvalue weighted by atomic mass is 9.45. The molecule has 4 aliphatic carbocycles. The molecule has 1 heteroatoms. The first-order chi connectivity index (χ1) is 7.07. The molecular formula is C14H24O. The van der Waals surface area contributed by atoms with E-state index in [2.05, 4.69) is 13.8 Å². The molecular weight excluding hydrogens is 184 g/mol. The molecule has 4 aliphatic rings. The zero-order valence-electron chi connectivity index (χ0n) is 10.1. The van der Waals surface area contributed by atoms with Gasteiger partial charge in [-0.15, -0.1) is 0 Å². The molecule has 4 rings (SSSR count). The molecule has 4 fully saturated rings. The summed E-state index contributed by atoms with van der Waals surface area (Å²) in [6.07, 6.45) is 8.28. The maximum atomic E-state index is 9.42. The lowest BCUT2D eigenvalue weighted by Crippen LogP contribution is -2.52. The first-order valence-electron chi connectivity index (χ1n) is 6.68. The molecule has 1 nitrogen and oxygen atoms in total. The number of fused-ring (bicyclic) bond motifs is 2. The largest absolute Gasteiger partial charge is 0.396 e. The molecule has 1 N–H and O–H groups in total. The summed E-state index contributed by atoms with van der Waals surface area (Å²) in [5, 5.41) is 9.42. The summed E-state index contributed by atoms with van der Waals surface area (Å²) in [5.41, 5.74) is 0.998. The van der Waals surface area contributed by atoms with Crippen molar-refractivity contribution >= 4 is 0 Å². The van der Waals surface area contributed by atoms with Gasteiger partial charge in [0.2, 0.25) is 0 Å². The van der Waals surface area contributed by atoms with E-state index in [0.29, 0.717) is 17.4 Å². The van der Waals surface area contributed by atoms with Crippen LogP contribution >= 0.6 is 0 Å². The molecule has 86 valence electrons. The van der Waals surface area contributed by atoms with Gasteiger partial charge in [-0.2, -0.15) is 0 Å². The van der Waals surface area contributed by atoms with Gasteiger partial charge in [0.25, 0.3) is 0 Å². The van der Waals surface area contributed by atoms with Crippen LogP contribution in [0.15, 0.2) is 0 Å².